The average Bonchev–Trinajstić information content (AvgIpc) is 3.49. The summed E-state index contributed by atoms with van der Waals surface area (Å²) in [5.41, 5.74) is 10.4. The predicted molar refractivity (Wildman–Crippen MR) is 126 cm³/mol. The number of aromatic hydroxyl groups is 1. The fourth-order valence-electron chi connectivity index (χ4n) is 3.95. The summed E-state index contributed by atoms with van der Waals surface area (Å²) in [4.78, 5) is 27.4. The van der Waals surface area contributed by atoms with E-state index in [1.54, 1.807) is 24.7 Å². The Morgan fingerprint density at radius 1 is 1.06 bits per heavy atom. The van der Waals surface area contributed by atoms with Crippen molar-refractivity contribution in [2.75, 3.05) is 0 Å². The zero-order chi connectivity index (χ0) is 23.3. The van der Waals surface area contributed by atoms with E-state index < -0.39 is 11.9 Å². The van der Waals surface area contributed by atoms with Gasteiger partial charge in [-0.25, -0.2) is 9.78 Å². The number of thiophene rings is 1. The van der Waals surface area contributed by atoms with Gasteiger partial charge in [-0.05, 0) is 48.9 Å². The monoisotopic (exact) mass is 458 g/mol. The number of carboxylic acids is 1. The average molecular weight is 458 g/mol. The van der Waals surface area contributed by atoms with E-state index in [9.17, 15) is 19.8 Å². The van der Waals surface area contributed by atoms with Crippen LogP contribution in [0.2, 0.25) is 0 Å². The third-order valence-electron chi connectivity index (χ3n) is 5.49. The molecule has 0 aliphatic carbocycles. The summed E-state index contributed by atoms with van der Waals surface area (Å²) in [6.07, 6.45) is 5.30. The maximum Gasteiger partial charge on any atom is 0.345 e. The highest BCUT2D eigenvalue weighted by Crippen LogP contribution is 2.38. The molecule has 1 amide bonds. The lowest BCUT2D eigenvalue weighted by Crippen LogP contribution is -2.11. The number of carboxylic acid groups (broad SMARTS) is 1. The van der Waals surface area contributed by atoms with Gasteiger partial charge in [-0.2, -0.15) is 0 Å². The van der Waals surface area contributed by atoms with E-state index in [4.69, 9.17) is 5.73 Å². The van der Waals surface area contributed by atoms with Gasteiger partial charge in [-0.15, -0.1) is 11.3 Å². The van der Waals surface area contributed by atoms with Crippen LogP contribution in [-0.4, -0.2) is 36.2 Å². The minimum absolute atomic E-state index is 0.0149. The van der Waals surface area contributed by atoms with E-state index in [0.29, 0.717) is 11.2 Å². The third kappa shape index (κ3) is 3.44. The fourth-order valence-corrected chi connectivity index (χ4v) is 4.87. The molecule has 0 fully saturated rings. The molecular weight excluding hydrogens is 440 g/mol. The van der Waals surface area contributed by atoms with Crippen molar-refractivity contribution in [3.63, 3.8) is 0 Å². The molecule has 3 heterocycles. The summed E-state index contributed by atoms with van der Waals surface area (Å²) in [5, 5.41) is 19.8. The zero-order valence-electron chi connectivity index (χ0n) is 17.4. The SMILES string of the molecule is Cc1cc(-n2ccnc2)ccc1-c1cc2sc(C(=O)O)cc2n1-c1ccc(C(N)=O)c(O)c1. The van der Waals surface area contributed by atoms with E-state index in [1.165, 1.54) is 23.5 Å². The second-order valence-corrected chi connectivity index (χ2v) is 8.65. The number of fused-ring (bicyclic) bond motifs is 1. The number of primary amides is 1. The van der Waals surface area contributed by atoms with Gasteiger partial charge >= 0.3 is 5.97 Å². The summed E-state index contributed by atoms with van der Waals surface area (Å²) < 4.78 is 4.58. The number of rotatable bonds is 5. The number of aryl methyl sites for hydroxylation is 1. The molecule has 0 saturated carbocycles. The van der Waals surface area contributed by atoms with Crippen molar-refractivity contribution < 1.29 is 19.8 Å². The second kappa shape index (κ2) is 7.64. The van der Waals surface area contributed by atoms with Gasteiger partial charge in [0.05, 0.1) is 27.8 Å². The lowest BCUT2D eigenvalue weighted by molar-refractivity contribution is 0.0702. The number of amides is 1. The van der Waals surface area contributed by atoms with E-state index >= 15 is 0 Å². The molecule has 0 unspecified atom stereocenters. The molecule has 0 spiro atoms. The lowest BCUT2D eigenvalue weighted by Gasteiger charge is -2.15. The highest BCUT2D eigenvalue weighted by Gasteiger charge is 2.20. The van der Waals surface area contributed by atoms with Crippen molar-refractivity contribution in [2.24, 2.45) is 5.73 Å². The Morgan fingerprint density at radius 3 is 2.48 bits per heavy atom. The Balaban J connectivity index is 1.73. The van der Waals surface area contributed by atoms with Crippen LogP contribution < -0.4 is 5.73 Å². The summed E-state index contributed by atoms with van der Waals surface area (Å²) in [6, 6.07) is 14.2. The Morgan fingerprint density at radius 2 is 1.85 bits per heavy atom. The minimum atomic E-state index is -1.00. The molecule has 9 heteroatoms. The largest absolute Gasteiger partial charge is 0.507 e. The highest BCUT2D eigenvalue weighted by molar-refractivity contribution is 7.20. The van der Waals surface area contributed by atoms with Gasteiger partial charge in [0.25, 0.3) is 5.91 Å². The van der Waals surface area contributed by atoms with Crippen LogP contribution in [0.1, 0.15) is 25.6 Å². The number of aromatic nitrogens is 3. The minimum Gasteiger partial charge on any atom is -0.507 e. The standard InChI is InChI=1S/C24H18N4O4S/c1-13-8-14(27-7-6-26-12-27)2-4-16(13)18-10-21-19(11-22(33-21)24(31)32)28(18)15-3-5-17(23(25)30)20(29)9-15/h2-12,29H,1H3,(H2,25,30)(H,31,32). The number of phenols is 1. The van der Waals surface area contributed by atoms with E-state index in [-0.39, 0.29) is 16.2 Å². The van der Waals surface area contributed by atoms with Crippen LogP contribution in [0.3, 0.4) is 0 Å². The lowest BCUT2D eigenvalue weighted by atomic mass is 10.0. The van der Waals surface area contributed by atoms with Crippen LogP contribution in [0.15, 0.2) is 67.3 Å². The summed E-state index contributed by atoms with van der Waals surface area (Å²) in [6.45, 7) is 2.00. The Bertz CT molecular complexity index is 1550. The molecule has 5 aromatic rings. The molecule has 0 saturated heterocycles. The smallest absolute Gasteiger partial charge is 0.345 e. The number of carbonyl (C=O) groups is 2. The number of nitrogens with zero attached hydrogens (tertiary/aromatic N) is 3. The zero-order valence-corrected chi connectivity index (χ0v) is 18.2. The van der Waals surface area contributed by atoms with E-state index in [2.05, 4.69) is 4.98 Å². The molecule has 2 aromatic carbocycles. The Labute approximate surface area is 191 Å². The van der Waals surface area contributed by atoms with Crippen LogP contribution in [0.5, 0.6) is 5.75 Å². The number of imidazole rings is 1. The molecule has 0 bridgehead atoms. The first-order valence-corrected chi connectivity index (χ1v) is 10.8. The van der Waals surface area contributed by atoms with Gasteiger partial charge in [0.15, 0.2) is 0 Å². The third-order valence-corrected chi connectivity index (χ3v) is 6.55. The number of nitrogens with two attached hydrogens (primary N) is 1. The molecule has 0 radical (unpaired) electrons. The van der Waals surface area contributed by atoms with Gasteiger partial charge < -0.3 is 25.1 Å². The van der Waals surface area contributed by atoms with Crippen molar-refractivity contribution >= 4 is 33.4 Å². The van der Waals surface area contributed by atoms with E-state index in [0.717, 1.165) is 27.2 Å². The molecule has 0 aliphatic rings. The quantitative estimate of drug-likeness (QED) is 0.361. The summed E-state index contributed by atoms with van der Waals surface area (Å²) >= 11 is 1.18. The first-order chi connectivity index (χ1) is 15.8. The molecule has 8 nitrogen and oxygen atoms in total. The molecule has 164 valence electrons. The highest BCUT2D eigenvalue weighted by atomic mass is 32.1. The summed E-state index contributed by atoms with van der Waals surface area (Å²) in [5.74, 6) is -1.97. The number of hydrogen-bond donors (Lipinski definition) is 3. The van der Waals surface area contributed by atoms with Gasteiger partial charge in [0, 0.05) is 35.4 Å². The van der Waals surface area contributed by atoms with Gasteiger partial charge in [-0.3, -0.25) is 4.79 Å². The molecule has 33 heavy (non-hydrogen) atoms. The topological polar surface area (TPSA) is 123 Å². The van der Waals surface area contributed by atoms with Crippen LogP contribution in [0, 0.1) is 6.92 Å². The van der Waals surface area contributed by atoms with Crippen molar-refractivity contribution in [2.45, 2.75) is 6.92 Å². The van der Waals surface area contributed by atoms with Crippen LogP contribution in [0.4, 0.5) is 0 Å². The van der Waals surface area contributed by atoms with Crippen LogP contribution in [0.25, 0.3) is 32.8 Å². The predicted octanol–water partition coefficient (Wildman–Crippen LogP) is 4.36. The van der Waals surface area contributed by atoms with Crippen molar-refractivity contribution in [3.05, 3.63) is 83.3 Å². The van der Waals surface area contributed by atoms with Gasteiger partial charge in [-0.1, -0.05) is 6.07 Å². The van der Waals surface area contributed by atoms with Crippen LogP contribution >= 0.6 is 11.3 Å². The Kier molecular flexibility index (Phi) is 4.75. The number of benzene rings is 2. The van der Waals surface area contributed by atoms with Gasteiger partial charge in [0.1, 0.15) is 10.6 Å². The fraction of sp³-hybridized carbons (Fsp3) is 0.0417. The van der Waals surface area contributed by atoms with E-state index in [1.807, 2.05) is 46.5 Å². The first kappa shape index (κ1) is 20.5. The molecule has 0 atom stereocenters. The summed E-state index contributed by atoms with van der Waals surface area (Å²) in [7, 11) is 0. The normalized spacial score (nSPS) is 11.2. The van der Waals surface area contributed by atoms with Crippen LogP contribution in [-0.2, 0) is 0 Å². The molecule has 3 aromatic heterocycles. The maximum absolute atomic E-state index is 11.6. The molecular formula is C24H18N4O4S. The van der Waals surface area contributed by atoms with Crippen molar-refractivity contribution in [1.29, 1.82) is 0 Å². The maximum atomic E-state index is 11.6. The number of hydrogen-bond acceptors (Lipinski definition) is 5. The van der Waals surface area contributed by atoms with Crippen molar-refractivity contribution in [1.82, 2.24) is 14.1 Å². The number of carbonyl (C=O) groups excluding carboxylic acids is 1. The first-order valence-electron chi connectivity index (χ1n) is 9.94. The second-order valence-electron chi connectivity index (χ2n) is 7.57. The Hall–Kier alpha value is -4.37. The molecule has 4 N–H and O–H groups in total. The number of aromatic carboxylic acids is 1. The van der Waals surface area contributed by atoms with Gasteiger partial charge in [0.2, 0.25) is 0 Å². The molecule has 0 aliphatic heterocycles. The molecule has 5 rings (SSSR count). The van der Waals surface area contributed by atoms with Crippen molar-refractivity contribution in [3.8, 4) is 28.4 Å².